The zero-order chi connectivity index (χ0) is 11.0. The minimum Gasteiger partial charge on any atom is -0.323 e. The summed E-state index contributed by atoms with van der Waals surface area (Å²) in [7, 11) is 0. The summed E-state index contributed by atoms with van der Waals surface area (Å²) in [4.78, 5) is 22.6. The Morgan fingerprint density at radius 1 is 1.40 bits per heavy atom. The van der Waals surface area contributed by atoms with Crippen LogP contribution in [0.2, 0.25) is 0 Å². The second-order valence-corrected chi connectivity index (χ2v) is 4.22. The summed E-state index contributed by atoms with van der Waals surface area (Å²) >= 11 is 3.30. The molecule has 0 fully saturated rings. The highest BCUT2D eigenvalue weighted by Gasteiger charge is 2.22. The number of fused-ring (bicyclic) bond motifs is 1. The first-order valence-electron chi connectivity index (χ1n) is 4.41. The Morgan fingerprint density at radius 3 is 2.80 bits per heavy atom. The average Bonchev–Trinajstić information content (AvgIpc) is 2.44. The molecule has 1 aromatic rings. The molecule has 0 bridgehead atoms. The minimum atomic E-state index is -0.235. The highest BCUT2D eigenvalue weighted by Crippen LogP contribution is 2.26. The number of Topliss-reactive ketones (excluding diaryl/α,β-unsaturated/α-hetero) is 1. The van der Waals surface area contributed by atoms with Crippen LogP contribution >= 0.6 is 15.9 Å². The van der Waals surface area contributed by atoms with Crippen LogP contribution in [0.4, 0.5) is 0 Å². The minimum absolute atomic E-state index is 0.137. The number of ketones is 1. The van der Waals surface area contributed by atoms with Gasteiger partial charge < -0.3 is 5.32 Å². The predicted octanol–water partition coefficient (Wildman–Crippen LogP) is 2.12. The molecule has 4 heteroatoms. The molecule has 0 atom stereocenters. The van der Waals surface area contributed by atoms with E-state index in [9.17, 15) is 9.59 Å². The zero-order valence-corrected chi connectivity index (χ0v) is 9.59. The summed E-state index contributed by atoms with van der Waals surface area (Å²) < 4.78 is 0.854. The van der Waals surface area contributed by atoms with Crippen LogP contribution in [0.3, 0.4) is 0 Å². The van der Waals surface area contributed by atoms with Gasteiger partial charge in [-0.1, -0.05) is 22.0 Å². The second-order valence-electron chi connectivity index (χ2n) is 3.30. The number of hydrogen-bond acceptors (Lipinski definition) is 2. The molecular weight excluding hydrogens is 258 g/mol. The molecule has 0 radical (unpaired) electrons. The molecule has 76 valence electrons. The molecule has 1 N–H and O–H groups in total. The summed E-state index contributed by atoms with van der Waals surface area (Å²) in [5, 5.41) is 2.52. The molecule has 1 aliphatic rings. The van der Waals surface area contributed by atoms with Crippen molar-refractivity contribution >= 4 is 33.7 Å². The molecule has 2 rings (SSSR count). The van der Waals surface area contributed by atoms with Gasteiger partial charge >= 0.3 is 0 Å². The number of halogens is 1. The maximum absolute atomic E-state index is 11.8. The lowest BCUT2D eigenvalue weighted by Gasteiger charge is -2.00. The number of amides is 1. The second kappa shape index (κ2) is 3.62. The van der Waals surface area contributed by atoms with Crippen molar-refractivity contribution in [1.82, 2.24) is 5.32 Å². The van der Waals surface area contributed by atoms with Crippen molar-refractivity contribution < 1.29 is 9.59 Å². The molecule has 3 nitrogen and oxygen atoms in total. The Balaban J connectivity index is 2.39. The van der Waals surface area contributed by atoms with Gasteiger partial charge in [-0.25, -0.2) is 0 Å². The van der Waals surface area contributed by atoms with E-state index in [1.807, 2.05) is 12.1 Å². The topological polar surface area (TPSA) is 46.2 Å². The number of nitrogens with one attached hydrogen (secondary N) is 1. The van der Waals surface area contributed by atoms with E-state index < -0.39 is 0 Å². The highest BCUT2D eigenvalue weighted by atomic mass is 79.9. The lowest BCUT2D eigenvalue weighted by Crippen LogP contribution is -2.22. The average molecular weight is 266 g/mol. The Labute approximate surface area is 95.3 Å². The Kier molecular flexibility index (Phi) is 2.44. The lowest BCUT2D eigenvalue weighted by molar-refractivity contribution is -0.118. The number of benzene rings is 1. The summed E-state index contributed by atoms with van der Waals surface area (Å²) in [6.45, 7) is 1.38. The van der Waals surface area contributed by atoms with Crippen molar-refractivity contribution in [3.8, 4) is 0 Å². The molecule has 0 unspecified atom stereocenters. The monoisotopic (exact) mass is 265 g/mol. The molecule has 0 saturated carbocycles. The van der Waals surface area contributed by atoms with Crippen molar-refractivity contribution in [3.05, 3.63) is 39.5 Å². The first-order chi connectivity index (χ1) is 7.08. The van der Waals surface area contributed by atoms with Gasteiger partial charge in [-0.05, 0) is 23.8 Å². The van der Waals surface area contributed by atoms with Crippen molar-refractivity contribution in [2.75, 3.05) is 0 Å². The highest BCUT2D eigenvalue weighted by molar-refractivity contribution is 9.10. The molecule has 1 amide bonds. The van der Waals surface area contributed by atoms with Gasteiger partial charge in [-0.3, -0.25) is 9.59 Å². The third kappa shape index (κ3) is 1.85. The predicted molar refractivity (Wildman–Crippen MR) is 60.3 cm³/mol. The summed E-state index contributed by atoms with van der Waals surface area (Å²) in [5.74, 6) is -0.372. The fourth-order valence-electron chi connectivity index (χ4n) is 1.50. The maximum Gasteiger partial charge on any atom is 0.221 e. The molecule has 1 aromatic carbocycles. The normalized spacial score (nSPS) is 13.5. The van der Waals surface area contributed by atoms with Crippen molar-refractivity contribution in [2.45, 2.75) is 6.92 Å². The van der Waals surface area contributed by atoms with Crippen LogP contribution in [0.5, 0.6) is 0 Å². The van der Waals surface area contributed by atoms with Crippen LogP contribution in [-0.2, 0) is 4.79 Å². The van der Waals surface area contributed by atoms with Gasteiger partial charge in [-0.15, -0.1) is 0 Å². The Morgan fingerprint density at radius 2 is 2.13 bits per heavy atom. The van der Waals surface area contributed by atoms with E-state index in [1.165, 1.54) is 6.92 Å². The van der Waals surface area contributed by atoms with Crippen molar-refractivity contribution in [3.63, 3.8) is 0 Å². The van der Waals surface area contributed by atoms with Gasteiger partial charge in [0, 0.05) is 17.0 Å². The van der Waals surface area contributed by atoms with E-state index in [4.69, 9.17) is 0 Å². The van der Waals surface area contributed by atoms with E-state index in [0.29, 0.717) is 11.3 Å². The van der Waals surface area contributed by atoms with Crippen LogP contribution in [0, 0.1) is 0 Å². The van der Waals surface area contributed by atoms with Gasteiger partial charge in [0.2, 0.25) is 11.7 Å². The van der Waals surface area contributed by atoms with Crippen LogP contribution in [0.15, 0.2) is 28.4 Å². The van der Waals surface area contributed by atoms with E-state index in [1.54, 1.807) is 12.1 Å². The molecule has 0 saturated heterocycles. The van der Waals surface area contributed by atoms with E-state index in [0.717, 1.165) is 10.0 Å². The van der Waals surface area contributed by atoms with Gasteiger partial charge in [0.15, 0.2) is 0 Å². The van der Waals surface area contributed by atoms with Crippen molar-refractivity contribution in [2.24, 2.45) is 0 Å². The third-order valence-corrected chi connectivity index (χ3v) is 2.61. The Hall–Kier alpha value is -1.42. The summed E-state index contributed by atoms with van der Waals surface area (Å²) in [5.41, 5.74) is 1.80. The number of carbonyl (C=O) groups excluding carboxylic acids is 2. The number of carbonyl (C=O) groups is 2. The molecule has 1 aliphatic carbocycles. The van der Waals surface area contributed by atoms with Crippen molar-refractivity contribution in [1.29, 1.82) is 0 Å². The van der Waals surface area contributed by atoms with Gasteiger partial charge in [0.05, 0.1) is 5.70 Å². The van der Waals surface area contributed by atoms with E-state index in [2.05, 4.69) is 21.2 Å². The maximum atomic E-state index is 11.8. The SMILES string of the molecule is CC(=O)NC1=Cc2ccc(Br)cc2C1=O. The van der Waals surface area contributed by atoms with Crippen LogP contribution in [-0.4, -0.2) is 11.7 Å². The van der Waals surface area contributed by atoms with Crippen LogP contribution in [0.1, 0.15) is 22.8 Å². The lowest BCUT2D eigenvalue weighted by atomic mass is 10.1. The summed E-state index contributed by atoms with van der Waals surface area (Å²) in [6, 6.07) is 5.45. The molecular formula is C11H8BrNO2. The smallest absolute Gasteiger partial charge is 0.221 e. The quantitative estimate of drug-likeness (QED) is 0.846. The van der Waals surface area contributed by atoms with Crippen LogP contribution < -0.4 is 5.32 Å². The summed E-state index contributed by atoms with van der Waals surface area (Å²) in [6.07, 6.45) is 1.69. The van der Waals surface area contributed by atoms with E-state index in [-0.39, 0.29) is 11.7 Å². The number of hydrogen-bond donors (Lipinski definition) is 1. The van der Waals surface area contributed by atoms with E-state index >= 15 is 0 Å². The Bertz CT molecular complexity index is 491. The number of allylic oxidation sites excluding steroid dienone is 1. The van der Waals surface area contributed by atoms with Crippen LogP contribution in [0.25, 0.3) is 6.08 Å². The molecule has 15 heavy (non-hydrogen) atoms. The number of rotatable bonds is 1. The standard InChI is InChI=1S/C11H8BrNO2/c1-6(14)13-10-4-7-2-3-8(12)5-9(7)11(10)15/h2-5H,1H3,(H,13,14,15). The first kappa shape index (κ1) is 10.1. The van der Waals surface area contributed by atoms with Gasteiger partial charge in [0.1, 0.15) is 0 Å². The third-order valence-electron chi connectivity index (χ3n) is 2.12. The fourth-order valence-corrected chi connectivity index (χ4v) is 1.86. The molecule has 0 spiro atoms. The fraction of sp³-hybridized carbons (Fsp3) is 0.0909. The molecule has 0 aromatic heterocycles. The largest absolute Gasteiger partial charge is 0.323 e. The first-order valence-corrected chi connectivity index (χ1v) is 5.21. The molecule has 0 aliphatic heterocycles. The van der Waals surface area contributed by atoms with Gasteiger partial charge in [0.25, 0.3) is 0 Å². The molecule has 0 heterocycles. The van der Waals surface area contributed by atoms with Gasteiger partial charge in [-0.2, -0.15) is 0 Å². The zero-order valence-electron chi connectivity index (χ0n) is 8.00.